The van der Waals surface area contributed by atoms with Crippen LogP contribution in [0.15, 0.2) is 110 Å². The molecule has 0 unspecified atom stereocenters. The standard InChI is InChI=1S/C10H11N3O.3C6H7NO.CH4/c1-14-10-7-13(8-12-10)6-9-4-2-3-5-11-9;1-8-6-2-4-7-5-3-6;1-8-6-3-2-4-7-5-6;1-8-6-4-2-3-5-7-6;/h2-5,7-8H,6H2,1H3;3*2-5H,1H3;1H4. The summed E-state index contributed by atoms with van der Waals surface area (Å²) in [6.45, 7) is 0.719. The van der Waals surface area contributed by atoms with E-state index in [1.807, 2.05) is 53.2 Å². The van der Waals surface area contributed by atoms with E-state index >= 15 is 0 Å². The van der Waals surface area contributed by atoms with Crippen molar-refractivity contribution in [1.82, 2.24) is 29.5 Å². The van der Waals surface area contributed by atoms with Crippen LogP contribution in [0.5, 0.6) is 23.3 Å². The molecule has 0 aromatic carbocycles. The highest BCUT2D eigenvalue weighted by Gasteiger charge is 1.98. The molecule has 5 aromatic heterocycles. The van der Waals surface area contributed by atoms with Crippen LogP contribution in [0, 0.1) is 0 Å². The number of methoxy groups -OCH3 is 4. The fourth-order valence-corrected chi connectivity index (χ4v) is 2.62. The maximum absolute atomic E-state index is 4.98. The molecule has 206 valence electrons. The first-order valence-electron chi connectivity index (χ1n) is 11.5. The van der Waals surface area contributed by atoms with Crippen LogP contribution in [0.1, 0.15) is 13.1 Å². The van der Waals surface area contributed by atoms with Crippen molar-refractivity contribution >= 4 is 0 Å². The van der Waals surface area contributed by atoms with E-state index in [0.29, 0.717) is 11.8 Å². The van der Waals surface area contributed by atoms with Gasteiger partial charge in [0.25, 0.3) is 0 Å². The van der Waals surface area contributed by atoms with Crippen molar-refractivity contribution in [2.24, 2.45) is 0 Å². The van der Waals surface area contributed by atoms with Gasteiger partial charge in [-0.3, -0.25) is 15.0 Å². The number of aromatic nitrogens is 6. The Kier molecular flexibility index (Phi) is 16.5. The fraction of sp³-hybridized carbons (Fsp3) is 0.207. The molecule has 0 fully saturated rings. The van der Waals surface area contributed by atoms with Crippen LogP contribution in [0.2, 0.25) is 0 Å². The van der Waals surface area contributed by atoms with Crippen LogP contribution in [-0.2, 0) is 6.54 Å². The van der Waals surface area contributed by atoms with Gasteiger partial charge in [0, 0.05) is 37.1 Å². The van der Waals surface area contributed by atoms with Crippen molar-refractivity contribution in [1.29, 1.82) is 0 Å². The summed E-state index contributed by atoms with van der Waals surface area (Å²) in [4.78, 5) is 19.8. The Labute approximate surface area is 230 Å². The lowest BCUT2D eigenvalue weighted by atomic mass is 10.3. The predicted molar refractivity (Wildman–Crippen MR) is 151 cm³/mol. The molecule has 0 saturated heterocycles. The molecule has 0 aliphatic heterocycles. The van der Waals surface area contributed by atoms with Crippen LogP contribution in [0.4, 0.5) is 0 Å². The average Bonchev–Trinajstić information content (AvgIpc) is 3.47. The molecule has 0 amide bonds. The molecule has 10 heteroatoms. The van der Waals surface area contributed by atoms with E-state index < -0.39 is 0 Å². The van der Waals surface area contributed by atoms with Gasteiger partial charge in [-0.15, -0.1) is 0 Å². The summed E-state index contributed by atoms with van der Waals surface area (Å²) in [5.41, 5.74) is 1.01. The minimum Gasteiger partial charge on any atom is -0.497 e. The zero-order chi connectivity index (χ0) is 27.3. The molecule has 5 heterocycles. The van der Waals surface area contributed by atoms with Gasteiger partial charge in [-0.05, 0) is 42.5 Å². The van der Waals surface area contributed by atoms with Crippen molar-refractivity contribution in [3.63, 3.8) is 0 Å². The smallest absolute Gasteiger partial charge is 0.231 e. The van der Waals surface area contributed by atoms with Gasteiger partial charge < -0.3 is 23.5 Å². The van der Waals surface area contributed by atoms with Crippen molar-refractivity contribution in [3.05, 3.63) is 116 Å². The molecule has 39 heavy (non-hydrogen) atoms. The Hall–Kier alpha value is -4.99. The van der Waals surface area contributed by atoms with Crippen molar-refractivity contribution in [2.75, 3.05) is 28.4 Å². The molecule has 5 aromatic rings. The topological polar surface area (TPSA) is 106 Å². The van der Waals surface area contributed by atoms with E-state index in [1.165, 1.54) is 0 Å². The number of hydrogen-bond donors (Lipinski definition) is 0. The molecule has 0 aliphatic rings. The monoisotopic (exact) mass is 532 g/mol. The Bertz CT molecular complexity index is 1130. The van der Waals surface area contributed by atoms with Crippen LogP contribution in [0.25, 0.3) is 0 Å². The van der Waals surface area contributed by atoms with Crippen LogP contribution in [-0.4, -0.2) is 57.9 Å². The first kappa shape index (κ1) is 32.0. The van der Waals surface area contributed by atoms with Gasteiger partial charge in [0.05, 0.1) is 59.4 Å². The minimum atomic E-state index is 0. The summed E-state index contributed by atoms with van der Waals surface area (Å²) in [5.74, 6) is 2.93. The lowest BCUT2D eigenvalue weighted by Crippen LogP contribution is -1.98. The Morgan fingerprint density at radius 1 is 0.590 bits per heavy atom. The third kappa shape index (κ3) is 13.8. The van der Waals surface area contributed by atoms with Crippen LogP contribution >= 0.6 is 0 Å². The predicted octanol–water partition coefficient (Wildman–Crippen LogP) is 5.24. The van der Waals surface area contributed by atoms with Gasteiger partial charge in [-0.25, -0.2) is 9.97 Å². The van der Waals surface area contributed by atoms with Gasteiger partial charge in [-0.1, -0.05) is 19.6 Å². The Morgan fingerprint density at radius 2 is 1.28 bits per heavy atom. The third-order valence-corrected chi connectivity index (χ3v) is 4.49. The van der Waals surface area contributed by atoms with E-state index in [9.17, 15) is 0 Å². The fourth-order valence-electron chi connectivity index (χ4n) is 2.62. The number of pyridine rings is 4. The van der Waals surface area contributed by atoms with E-state index in [4.69, 9.17) is 18.9 Å². The van der Waals surface area contributed by atoms with E-state index in [0.717, 1.165) is 23.7 Å². The van der Waals surface area contributed by atoms with Crippen molar-refractivity contribution < 1.29 is 18.9 Å². The quantitative estimate of drug-likeness (QED) is 0.290. The molecular weight excluding hydrogens is 496 g/mol. The summed E-state index contributed by atoms with van der Waals surface area (Å²) in [5, 5.41) is 0. The highest BCUT2D eigenvalue weighted by atomic mass is 16.5. The summed E-state index contributed by atoms with van der Waals surface area (Å²) in [6.07, 6.45) is 13.8. The maximum atomic E-state index is 4.98. The second-order valence-corrected chi connectivity index (χ2v) is 7.06. The maximum Gasteiger partial charge on any atom is 0.231 e. The number of nitrogens with zero attached hydrogens (tertiary/aromatic N) is 6. The third-order valence-electron chi connectivity index (χ3n) is 4.49. The Balaban J connectivity index is 0.000000268. The summed E-state index contributed by atoms with van der Waals surface area (Å²) >= 11 is 0. The van der Waals surface area contributed by atoms with Gasteiger partial charge in [0.2, 0.25) is 11.8 Å². The number of imidazole rings is 1. The summed E-state index contributed by atoms with van der Waals surface area (Å²) in [7, 11) is 6.46. The zero-order valence-electron chi connectivity index (χ0n) is 21.9. The zero-order valence-corrected chi connectivity index (χ0v) is 21.9. The molecule has 0 saturated carbocycles. The molecule has 0 N–H and O–H groups in total. The highest BCUT2D eigenvalue weighted by Crippen LogP contribution is 2.07. The van der Waals surface area contributed by atoms with Crippen LogP contribution < -0.4 is 18.9 Å². The molecule has 0 spiro atoms. The second kappa shape index (κ2) is 20.1. The van der Waals surface area contributed by atoms with E-state index in [-0.39, 0.29) is 7.43 Å². The number of ether oxygens (including phenoxy) is 4. The SMILES string of the molecule is C.COc1ccccn1.COc1cccnc1.COc1ccncc1.COc1cn(Cc2ccccn2)cn1. The average molecular weight is 533 g/mol. The van der Waals surface area contributed by atoms with Gasteiger partial charge in [0.15, 0.2) is 0 Å². The summed E-state index contributed by atoms with van der Waals surface area (Å²) in [6, 6.07) is 18.7. The summed E-state index contributed by atoms with van der Waals surface area (Å²) < 4.78 is 21.4. The molecule has 0 atom stereocenters. The molecule has 0 bridgehead atoms. The molecule has 5 rings (SSSR count). The molecule has 0 aliphatic carbocycles. The molecule has 10 nitrogen and oxygen atoms in total. The normalized spacial score (nSPS) is 8.92. The number of hydrogen-bond acceptors (Lipinski definition) is 9. The van der Waals surface area contributed by atoms with E-state index in [1.54, 1.807) is 90.1 Å². The Morgan fingerprint density at radius 3 is 1.72 bits per heavy atom. The molecular formula is C29H36N6O4. The first-order chi connectivity index (χ1) is 18.7. The molecule has 0 radical (unpaired) electrons. The second-order valence-electron chi connectivity index (χ2n) is 7.06. The van der Waals surface area contributed by atoms with Gasteiger partial charge in [-0.2, -0.15) is 0 Å². The van der Waals surface area contributed by atoms with Gasteiger partial charge in [0.1, 0.15) is 11.5 Å². The van der Waals surface area contributed by atoms with Crippen LogP contribution in [0.3, 0.4) is 0 Å². The van der Waals surface area contributed by atoms with Gasteiger partial charge >= 0.3 is 0 Å². The lowest BCUT2D eigenvalue weighted by Gasteiger charge is -1.99. The first-order valence-corrected chi connectivity index (χ1v) is 11.5. The van der Waals surface area contributed by atoms with Crippen molar-refractivity contribution in [2.45, 2.75) is 14.0 Å². The minimum absolute atomic E-state index is 0. The lowest BCUT2D eigenvalue weighted by molar-refractivity contribution is 0.398. The highest BCUT2D eigenvalue weighted by molar-refractivity contribution is 5.16. The largest absolute Gasteiger partial charge is 0.497 e. The van der Waals surface area contributed by atoms with Crippen molar-refractivity contribution in [3.8, 4) is 23.3 Å². The van der Waals surface area contributed by atoms with E-state index in [2.05, 4.69) is 24.9 Å². The number of rotatable bonds is 6.